The van der Waals surface area contributed by atoms with Crippen LogP contribution >= 0.6 is 15.9 Å². The molecule has 2 N–H and O–H groups in total. The molecule has 0 aliphatic rings. The summed E-state index contributed by atoms with van der Waals surface area (Å²) >= 11 is 3.27. The average molecular weight is 337 g/mol. The maximum absolute atomic E-state index is 10.7. The Kier molecular flexibility index (Phi) is 3.99. The number of hydrogen-bond acceptors (Lipinski definition) is 4. The summed E-state index contributed by atoms with van der Waals surface area (Å²) in [7, 11) is 0. The number of nitro benzene ring substituents is 1. The van der Waals surface area contributed by atoms with E-state index < -0.39 is 10.8 Å². The SMILES string of the molecule is NC(=O)/C=C\c1ccc(-c2ccc([N+](=O)[O-])cc2Br)o1. The molecule has 102 valence electrons. The van der Waals surface area contributed by atoms with Gasteiger partial charge in [-0.1, -0.05) is 0 Å². The number of amides is 1. The molecule has 0 bridgehead atoms. The minimum Gasteiger partial charge on any atom is -0.457 e. The van der Waals surface area contributed by atoms with Crippen LogP contribution in [0.4, 0.5) is 5.69 Å². The maximum Gasteiger partial charge on any atom is 0.270 e. The van der Waals surface area contributed by atoms with Gasteiger partial charge in [0, 0.05) is 28.2 Å². The lowest BCUT2D eigenvalue weighted by Gasteiger charge is -2.00. The van der Waals surface area contributed by atoms with Gasteiger partial charge in [-0.2, -0.15) is 0 Å². The van der Waals surface area contributed by atoms with E-state index in [0.29, 0.717) is 21.6 Å². The fourth-order valence-electron chi connectivity index (χ4n) is 1.57. The van der Waals surface area contributed by atoms with Crippen LogP contribution in [0.25, 0.3) is 17.4 Å². The Morgan fingerprint density at radius 1 is 1.35 bits per heavy atom. The van der Waals surface area contributed by atoms with Gasteiger partial charge in [0.05, 0.1) is 4.92 Å². The molecule has 1 heterocycles. The van der Waals surface area contributed by atoms with Crippen molar-refractivity contribution >= 4 is 33.6 Å². The summed E-state index contributed by atoms with van der Waals surface area (Å²) in [5, 5.41) is 10.7. The molecule has 0 radical (unpaired) electrons. The topological polar surface area (TPSA) is 99.4 Å². The van der Waals surface area contributed by atoms with Crippen LogP contribution in [-0.2, 0) is 4.79 Å². The van der Waals surface area contributed by atoms with Crippen LogP contribution in [0.3, 0.4) is 0 Å². The smallest absolute Gasteiger partial charge is 0.270 e. The fourth-order valence-corrected chi connectivity index (χ4v) is 2.13. The highest BCUT2D eigenvalue weighted by atomic mass is 79.9. The molecule has 2 aromatic rings. The zero-order valence-corrected chi connectivity index (χ0v) is 11.7. The zero-order valence-electron chi connectivity index (χ0n) is 10.1. The number of carbonyl (C=O) groups is 1. The van der Waals surface area contributed by atoms with Crippen LogP contribution in [0.5, 0.6) is 0 Å². The van der Waals surface area contributed by atoms with Gasteiger partial charge in [-0.3, -0.25) is 14.9 Å². The largest absolute Gasteiger partial charge is 0.457 e. The Bertz CT molecular complexity index is 706. The molecule has 20 heavy (non-hydrogen) atoms. The third kappa shape index (κ3) is 3.12. The molecule has 0 aliphatic heterocycles. The van der Waals surface area contributed by atoms with Crippen molar-refractivity contribution in [3.05, 3.63) is 56.8 Å². The average Bonchev–Trinajstić information content (AvgIpc) is 2.84. The molecule has 1 aromatic carbocycles. The lowest BCUT2D eigenvalue weighted by molar-refractivity contribution is -0.384. The Balaban J connectivity index is 2.33. The Hall–Kier alpha value is -2.41. The van der Waals surface area contributed by atoms with Crippen LogP contribution in [0.2, 0.25) is 0 Å². The fraction of sp³-hybridized carbons (Fsp3) is 0. The van der Waals surface area contributed by atoms with Gasteiger partial charge in [-0.25, -0.2) is 0 Å². The molecule has 0 unspecified atom stereocenters. The summed E-state index contributed by atoms with van der Waals surface area (Å²) in [4.78, 5) is 20.8. The van der Waals surface area contributed by atoms with E-state index in [1.807, 2.05) is 0 Å². The summed E-state index contributed by atoms with van der Waals surface area (Å²) in [6, 6.07) is 7.75. The van der Waals surface area contributed by atoms with Crippen LogP contribution in [0, 0.1) is 10.1 Å². The number of nitro groups is 1. The lowest BCUT2D eigenvalue weighted by atomic mass is 10.1. The molecular weight excluding hydrogens is 328 g/mol. The van der Waals surface area contributed by atoms with Crippen LogP contribution < -0.4 is 5.73 Å². The highest BCUT2D eigenvalue weighted by Gasteiger charge is 2.12. The van der Waals surface area contributed by atoms with Crippen molar-refractivity contribution in [2.45, 2.75) is 0 Å². The van der Waals surface area contributed by atoms with E-state index in [0.717, 1.165) is 0 Å². The molecule has 0 atom stereocenters. The maximum atomic E-state index is 10.7. The molecule has 1 amide bonds. The summed E-state index contributed by atoms with van der Waals surface area (Å²) < 4.78 is 6.05. The molecule has 2 rings (SSSR count). The van der Waals surface area contributed by atoms with E-state index in [4.69, 9.17) is 10.2 Å². The molecule has 7 heteroatoms. The van der Waals surface area contributed by atoms with Gasteiger partial charge in [-0.15, -0.1) is 0 Å². The highest BCUT2D eigenvalue weighted by molar-refractivity contribution is 9.10. The molecule has 0 saturated carbocycles. The second kappa shape index (κ2) is 5.70. The molecular formula is C13H9BrN2O4. The third-order valence-electron chi connectivity index (χ3n) is 2.47. The van der Waals surface area contributed by atoms with Gasteiger partial charge in [0.1, 0.15) is 11.5 Å². The van der Waals surface area contributed by atoms with Crippen molar-refractivity contribution in [3.8, 4) is 11.3 Å². The number of rotatable bonds is 4. The molecule has 1 aromatic heterocycles. The second-order valence-electron chi connectivity index (χ2n) is 3.86. The Labute approximate surface area is 122 Å². The van der Waals surface area contributed by atoms with Gasteiger partial charge < -0.3 is 10.2 Å². The second-order valence-corrected chi connectivity index (χ2v) is 4.71. The number of primary amides is 1. The van der Waals surface area contributed by atoms with Crippen molar-refractivity contribution in [1.29, 1.82) is 0 Å². The van der Waals surface area contributed by atoms with Gasteiger partial charge in [0.2, 0.25) is 5.91 Å². The number of halogens is 1. The quantitative estimate of drug-likeness (QED) is 0.526. The minimum atomic E-state index is -0.570. The molecule has 6 nitrogen and oxygen atoms in total. The zero-order chi connectivity index (χ0) is 14.7. The van der Waals surface area contributed by atoms with Crippen molar-refractivity contribution in [3.63, 3.8) is 0 Å². The number of benzene rings is 1. The minimum absolute atomic E-state index is 0.0129. The highest BCUT2D eigenvalue weighted by Crippen LogP contribution is 2.32. The normalized spacial score (nSPS) is 10.8. The van der Waals surface area contributed by atoms with Gasteiger partial charge in [-0.05, 0) is 40.2 Å². The summed E-state index contributed by atoms with van der Waals surface area (Å²) in [6.07, 6.45) is 2.64. The standard InChI is InChI=1S/C13H9BrN2O4/c14-11-7-8(16(18)19)1-4-10(11)12-5-2-9(20-12)3-6-13(15)17/h1-7H,(H2,15,17)/b6-3-. The van der Waals surface area contributed by atoms with Crippen LogP contribution in [0.1, 0.15) is 5.76 Å². The number of furan rings is 1. The Morgan fingerprint density at radius 2 is 2.10 bits per heavy atom. The first-order valence-corrected chi connectivity index (χ1v) is 6.28. The van der Waals surface area contributed by atoms with Gasteiger partial charge in [0.25, 0.3) is 5.69 Å². The van der Waals surface area contributed by atoms with E-state index in [2.05, 4.69) is 15.9 Å². The number of nitrogens with zero attached hydrogens (tertiary/aromatic N) is 1. The van der Waals surface area contributed by atoms with Crippen LogP contribution in [-0.4, -0.2) is 10.8 Å². The van der Waals surface area contributed by atoms with Crippen molar-refractivity contribution in [1.82, 2.24) is 0 Å². The molecule has 0 saturated heterocycles. The summed E-state index contributed by atoms with van der Waals surface area (Å²) in [5.74, 6) is 0.416. The first-order chi connectivity index (χ1) is 9.47. The summed E-state index contributed by atoms with van der Waals surface area (Å²) in [6.45, 7) is 0. The molecule has 0 fully saturated rings. The van der Waals surface area contributed by atoms with Crippen molar-refractivity contribution in [2.24, 2.45) is 5.73 Å². The number of hydrogen-bond donors (Lipinski definition) is 1. The lowest BCUT2D eigenvalue weighted by Crippen LogP contribution is -2.04. The molecule has 0 spiro atoms. The van der Waals surface area contributed by atoms with Gasteiger partial charge >= 0.3 is 0 Å². The monoisotopic (exact) mass is 336 g/mol. The Morgan fingerprint density at radius 3 is 2.70 bits per heavy atom. The first kappa shape index (κ1) is 14.0. The van der Waals surface area contributed by atoms with E-state index in [1.165, 1.54) is 24.3 Å². The molecule has 0 aliphatic carbocycles. The van der Waals surface area contributed by atoms with E-state index in [-0.39, 0.29) is 5.69 Å². The van der Waals surface area contributed by atoms with E-state index in [1.54, 1.807) is 18.2 Å². The third-order valence-corrected chi connectivity index (χ3v) is 3.12. The number of nitrogens with two attached hydrogens (primary N) is 1. The van der Waals surface area contributed by atoms with Crippen LogP contribution in [0.15, 0.2) is 45.3 Å². The number of carbonyl (C=O) groups excluding carboxylic acids is 1. The first-order valence-electron chi connectivity index (χ1n) is 5.49. The summed E-state index contributed by atoms with van der Waals surface area (Å²) in [5.41, 5.74) is 5.65. The van der Waals surface area contributed by atoms with Gasteiger partial charge in [0.15, 0.2) is 0 Å². The number of non-ortho nitro benzene ring substituents is 1. The van der Waals surface area contributed by atoms with E-state index >= 15 is 0 Å². The van der Waals surface area contributed by atoms with E-state index in [9.17, 15) is 14.9 Å². The predicted octanol–water partition coefficient (Wildman–Crippen LogP) is 3.12. The van der Waals surface area contributed by atoms with Crippen molar-refractivity contribution in [2.75, 3.05) is 0 Å². The van der Waals surface area contributed by atoms with Crippen molar-refractivity contribution < 1.29 is 14.1 Å². The predicted molar refractivity (Wildman–Crippen MR) is 76.7 cm³/mol.